The Kier molecular flexibility index (Phi) is 5.99. The molecule has 170 valence electrons. The van der Waals surface area contributed by atoms with Gasteiger partial charge < -0.3 is 16.2 Å². The third-order valence-electron chi connectivity index (χ3n) is 6.16. The van der Waals surface area contributed by atoms with Crippen molar-refractivity contribution in [3.8, 4) is 0 Å². The van der Waals surface area contributed by atoms with Crippen molar-refractivity contribution in [1.29, 1.82) is 0 Å². The molecule has 0 radical (unpaired) electrons. The Bertz CT molecular complexity index is 1120. The number of rotatable bonds is 4. The zero-order valence-electron chi connectivity index (χ0n) is 18.1. The third kappa shape index (κ3) is 4.80. The monoisotopic (exact) mass is 444 g/mol. The van der Waals surface area contributed by atoms with Gasteiger partial charge in [0.1, 0.15) is 11.6 Å². The van der Waals surface area contributed by atoms with E-state index >= 15 is 0 Å². The third-order valence-corrected chi connectivity index (χ3v) is 6.16. The molecule has 0 bridgehead atoms. The van der Waals surface area contributed by atoms with Crippen LogP contribution >= 0.6 is 0 Å². The minimum atomic E-state index is -4.47. The van der Waals surface area contributed by atoms with E-state index in [-0.39, 0.29) is 11.8 Å². The maximum Gasteiger partial charge on any atom is 0.416 e. The van der Waals surface area contributed by atoms with Crippen LogP contribution in [0.5, 0.6) is 0 Å². The molecule has 1 aliphatic carbocycles. The summed E-state index contributed by atoms with van der Waals surface area (Å²) in [6.07, 6.45) is -1.29. The summed E-state index contributed by atoms with van der Waals surface area (Å²) in [5, 5.41) is 13.9. The predicted octanol–water partition coefficient (Wildman–Crippen LogP) is 5.73. The maximum absolute atomic E-state index is 13.2. The first-order valence-electron chi connectivity index (χ1n) is 10.8. The van der Waals surface area contributed by atoms with Crippen molar-refractivity contribution in [2.75, 3.05) is 11.1 Å². The number of nitrogen functional groups attached to an aromatic ring is 1. The fraction of sp³-hybridized carbons (Fsp3) is 0.417. The highest BCUT2D eigenvalue weighted by Gasteiger charge is 2.31. The molecule has 0 amide bonds. The van der Waals surface area contributed by atoms with Gasteiger partial charge in [-0.3, -0.25) is 0 Å². The Morgan fingerprint density at radius 2 is 1.78 bits per heavy atom. The Morgan fingerprint density at radius 3 is 2.47 bits per heavy atom. The minimum Gasteiger partial charge on any atom is -0.399 e. The smallest absolute Gasteiger partial charge is 0.399 e. The molecule has 0 aliphatic heterocycles. The summed E-state index contributed by atoms with van der Waals surface area (Å²) in [5.74, 6) is 1.51. The number of aryl methyl sites for hydroxylation is 1. The van der Waals surface area contributed by atoms with Crippen LogP contribution in [0.15, 0.2) is 36.4 Å². The van der Waals surface area contributed by atoms with Crippen LogP contribution in [0.1, 0.15) is 67.1 Å². The molecule has 2 aromatic carbocycles. The van der Waals surface area contributed by atoms with Crippen molar-refractivity contribution < 1.29 is 18.3 Å². The normalized spacial score (nSPS) is 20.3. The fourth-order valence-corrected chi connectivity index (χ4v) is 4.41. The number of aliphatic hydroxyl groups is 1. The molecule has 3 aromatic rings. The molecular formula is C24H27F3N4O. The van der Waals surface area contributed by atoms with Gasteiger partial charge in [-0.15, -0.1) is 0 Å². The first kappa shape index (κ1) is 22.3. The van der Waals surface area contributed by atoms with Crippen LogP contribution in [-0.2, 0) is 6.18 Å². The Morgan fingerprint density at radius 1 is 1.06 bits per heavy atom. The van der Waals surface area contributed by atoms with Crippen molar-refractivity contribution >= 4 is 22.4 Å². The summed E-state index contributed by atoms with van der Waals surface area (Å²) in [4.78, 5) is 9.06. The average molecular weight is 445 g/mol. The largest absolute Gasteiger partial charge is 0.416 e. The predicted molar refractivity (Wildman–Crippen MR) is 119 cm³/mol. The van der Waals surface area contributed by atoms with Gasteiger partial charge in [0, 0.05) is 11.1 Å². The second-order valence-corrected chi connectivity index (χ2v) is 8.65. The van der Waals surface area contributed by atoms with E-state index in [1.807, 2.05) is 6.07 Å². The maximum atomic E-state index is 13.2. The number of benzene rings is 2. The van der Waals surface area contributed by atoms with E-state index in [9.17, 15) is 18.3 Å². The molecular weight excluding hydrogens is 417 g/mol. The van der Waals surface area contributed by atoms with E-state index in [0.717, 1.165) is 54.3 Å². The second-order valence-electron chi connectivity index (χ2n) is 8.65. The van der Waals surface area contributed by atoms with E-state index in [1.54, 1.807) is 19.9 Å². The summed E-state index contributed by atoms with van der Waals surface area (Å²) < 4.78 is 39.7. The van der Waals surface area contributed by atoms with Crippen LogP contribution in [0.2, 0.25) is 0 Å². The van der Waals surface area contributed by atoms with Crippen LogP contribution in [0.4, 0.5) is 24.7 Å². The highest BCUT2D eigenvalue weighted by molar-refractivity contribution is 5.90. The van der Waals surface area contributed by atoms with Gasteiger partial charge in [0.2, 0.25) is 0 Å². The van der Waals surface area contributed by atoms with Crippen molar-refractivity contribution in [3.05, 3.63) is 58.9 Å². The lowest BCUT2D eigenvalue weighted by atomic mass is 9.82. The van der Waals surface area contributed by atoms with Crippen molar-refractivity contribution in [1.82, 2.24) is 9.97 Å². The van der Waals surface area contributed by atoms with Gasteiger partial charge in [-0.25, -0.2) is 9.97 Å². The zero-order chi connectivity index (χ0) is 23.0. The molecule has 0 spiro atoms. The van der Waals surface area contributed by atoms with E-state index < -0.39 is 17.8 Å². The number of alkyl halides is 3. The number of nitrogens with zero attached hydrogens (tertiary/aromatic N) is 2. The first-order valence-corrected chi connectivity index (χ1v) is 10.8. The van der Waals surface area contributed by atoms with E-state index in [4.69, 9.17) is 5.73 Å². The summed E-state index contributed by atoms with van der Waals surface area (Å²) in [6, 6.07) is 9.23. The summed E-state index contributed by atoms with van der Waals surface area (Å²) >= 11 is 0. The van der Waals surface area contributed by atoms with Crippen LogP contribution < -0.4 is 11.1 Å². The fourth-order valence-electron chi connectivity index (χ4n) is 4.41. The zero-order valence-corrected chi connectivity index (χ0v) is 18.1. The van der Waals surface area contributed by atoms with Gasteiger partial charge in [-0.05, 0) is 86.9 Å². The molecule has 0 unspecified atom stereocenters. The van der Waals surface area contributed by atoms with E-state index in [1.165, 1.54) is 0 Å². The summed E-state index contributed by atoms with van der Waals surface area (Å²) in [6.45, 7) is 3.57. The Hall–Kier alpha value is -2.87. The summed E-state index contributed by atoms with van der Waals surface area (Å²) in [5.41, 5.74) is 7.40. The summed E-state index contributed by atoms with van der Waals surface area (Å²) in [7, 11) is 0. The molecule has 1 saturated carbocycles. The molecule has 1 atom stereocenters. The van der Waals surface area contributed by atoms with Gasteiger partial charge in [0.15, 0.2) is 0 Å². The lowest BCUT2D eigenvalue weighted by Crippen LogP contribution is -2.17. The number of halogens is 3. The Labute approximate surface area is 184 Å². The molecule has 8 heteroatoms. The first-order chi connectivity index (χ1) is 15.1. The number of nitrogens with two attached hydrogens (primary N) is 1. The molecule has 5 nitrogen and oxygen atoms in total. The standard InChI is InChI=1S/C24H27F3N4O/c1-13(17-9-18(24(25,26)27)12-19(28)10-17)29-23-21-11-16(15-3-6-20(32)7-4-15)5-8-22(21)30-14(2)31-23/h5,8-13,15,20,32H,3-4,6-7,28H2,1-2H3,(H,29,30,31)/t13-,15-,20+/m1/s1. The van der Waals surface area contributed by atoms with Crippen LogP contribution in [-0.4, -0.2) is 21.2 Å². The van der Waals surface area contributed by atoms with Crippen LogP contribution in [0.3, 0.4) is 0 Å². The molecule has 4 rings (SSSR count). The minimum absolute atomic E-state index is 0.0639. The van der Waals surface area contributed by atoms with Crippen molar-refractivity contribution in [2.45, 2.75) is 63.8 Å². The number of aromatic nitrogens is 2. The lowest BCUT2D eigenvalue weighted by molar-refractivity contribution is -0.137. The van der Waals surface area contributed by atoms with Gasteiger partial charge in [0.25, 0.3) is 0 Å². The second kappa shape index (κ2) is 8.58. The van der Waals surface area contributed by atoms with Crippen LogP contribution in [0, 0.1) is 6.92 Å². The number of hydrogen-bond acceptors (Lipinski definition) is 5. The van der Waals surface area contributed by atoms with Gasteiger partial charge in [-0.2, -0.15) is 13.2 Å². The van der Waals surface area contributed by atoms with Gasteiger partial charge >= 0.3 is 6.18 Å². The van der Waals surface area contributed by atoms with Gasteiger partial charge in [-0.1, -0.05) is 6.07 Å². The number of hydrogen-bond donors (Lipinski definition) is 3. The molecule has 1 heterocycles. The lowest BCUT2D eigenvalue weighted by Gasteiger charge is -2.26. The SMILES string of the molecule is Cc1nc(N[C@H](C)c2cc(N)cc(C(F)(F)F)c2)c2cc([C@H]3CC[C@@H](O)CC3)ccc2n1. The van der Waals surface area contributed by atoms with E-state index in [2.05, 4.69) is 27.4 Å². The van der Waals surface area contributed by atoms with Gasteiger partial charge in [0.05, 0.1) is 23.2 Å². The van der Waals surface area contributed by atoms with Crippen LogP contribution in [0.25, 0.3) is 10.9 Å². The molecule has 1 fully saturated rings. The van der Waals surface area contributed by atoms with Crippen molar-refractivity contribution in [2.24, 2.45) is 0 Å². The number of fused-ring (bicyclic) bond motifs is 1. The number of aliphatic hydroxyl groups excluding tert-OH is 1. The average Bonchev–Trinajstić information content (AvgIpc) is 2.73. The van der Waals surface area contributed by atoms with Crippen molar-refractivity contribution in [3.63, 3.8) is 0 Å². The molecule has 4 N–H and O–H groups in total. The van der Waals surface area contributed by atoms with E-state index in [0.29, 0.717) is 23.1 Å². The molecule has 32 heavy (non-hydrogen) atoms. The molecule has 0 saturated heterocycles. The highest BCUT2D eigenvalue weighted by Crippen LogP contribution is 2.36. The highest BCUT2D eigenvalue weighted by atomic mass is 19.4. The molecule has 1 aromatic heterocycles. The number of nitrogens with one attached hydrogen (secondary N) is 1. The number of anilines is 2. The molecule has 1 aliphatic rings. The topological polar surface area (TPSA) is 84.1 Å². The Balaban J connectivity index is 1.68. The quantitative estimate of drug-likeness (QED) is 0.448.